The van der Waals surface area contributed by atoms with Crippen LogP contribution in [-0.2, 0) is 61.3 Å². The standard InChI is InChI=1S/C36H54N2O2.C34H50N2O2.C33H48N2O2/c1-10-19-38-22-25-26-13-14-29(35(26,8)18-16-27(25)36(9)17-15-24(39)21-31(36)38)32(40)37-30-20-23(33(2,3)4)11-12-28(30)34(5,6)7;1-31(2,3)21-10-11-26(32(4,5)6)28(18-21)35-30(38)27-13-12-24-23-20-36(9)29-19-22(37)14-16-34(29,8)25(23)15-17-33(24,27)7;1-30(2,3)20-15-21(31(4,5)6)17-22(16-20)35-29(37)27-10-9-25-24-19-34-28-18-23(36)11-13-33(28,8)26(24)12-14-32(25,27)7/h11-12,20-21,25-27,29H,10,13-19,22H2,1-9H3,(H,37,40);10-11,18-19,23-25,27H,12-17,20H2,1-9H3,(H,35,38);15-18,24-27,34H,9-14,19H2,1-8H3,(H,35,37)/t25?,26?,27?,29-,35+,36-;23?,24?,25?,27-,33+,34-;24?,25?,26?,27-,32+,33-/m111/s1. The van der Waals surface area contributed by atoms with E-state index in [-0.39, 0.29) is 112 Å². The number of rotatable bonds is 8. The molecule has 18 atom stereocenters. The summed E-state index contributed by atoms with van der Waals surface area (Å²) in [5, 5.41) is 14.0. The highest BCUT2D eigenvalue weighted by atomic mass is 16.2. The van der Waals surface area contributed by atoms with Gasteiger partial charge in [-0.3, -0.25) is 28.8 Å². The van der Waals surface area contributed by atoms with E-state index in [0.717, 1.165) is 146 Å². The zero-order valence-corrected chi connectivity index (χ0v) is 76.5. The molecule has 0 aromatic heterocycles. The van der Waals surface area contributed by atoms with Crippen molar-refractivity contribution in [3.05, 3.63) is 123 Å². The molecule has 12 nitrogen and oxygen atoms in total. The molecule has 6 saturated carbocycles. The largest absolute Gasteiger partial charge is 0.387 e. The van der Waals surface area contributed by atoms with Gasteiger partial charge in [0, 0.05) is 139 Å². The van der Waals surface area contributed by atoms with Gasteiger partial charge in [0.1, 0.15) is 0 Å². The maximum atomic E-state index is 14.2. The van der Waals surface area contributed by atoms with Gasteiger partial charge in [-0.15, -0.1) is 0 Å². The van der Waals surface area contributed by atoms with Crippen molar-refractivity contribution in [3.8, 4) is 0 Å². The minimum absolute atomic E-state index is 0.0185. The van der Waals surface area contributed by atoms with Gasteiger partial charge in [0.2, 0.25) is 17.7 Å². The van der Waals surface area contributed by atoms with E-state index >= 15 is 0 Å². The summed E-state index contributed by atoms with van der Waals surface area (Å²) in [5.41, 5.74) is 14.5. The van der Waals surface area contributed by atoms with Crippen LogP contribution < -0.4 is 21.3 Å². The number of allylic oxidation sites excluding steroid dienone is 6. The third-order valence-corrected chi connectivity index (χ3v) is 33.6. The molecule has 3 amide bonds. The minimum Gasteiger partial charge on any atom is -0.387 e. The normalized spacial score (nSPS) is 34.9. The molecule has 4 N–H and O–H groups in total. The first-order valence-electron chi connectivity index (χ1n) is 45.6. The lowest BCUT2D eigenvalue weighted by Gasteiger charge is -2.60. The van der Waals surface area contributed by atoms with E-state index in [2.05, 4.69) is 266 Å². The van der Waals surface area contributed by atoms with E-state index in [0.29, 0.717) is 78.3 Å². The number of benzene rings is 3. The van der Waals surface area contributed by atoms with Gasteiger partial charge in [-0.1, -0.05) is 203 Å². The molecule has 3 aromatic rings. The van der Waals surface area contributed by atoms with Gasteiger partial charge in [-0.2, -0.15) is 0 Å². The number of hydrogen-bond acceptors (Lipinski definition) is 9. The average molecular weight is 1570 g/mol. The predicted molar refractivity (Wildman–Crippen MR) is 473 cm³/mol. The molecular weight excluding hydrogens is 1420 g/mol. The maximum absolute atomic E-state index is 14.2. The quantitative estimate of drug-likeness (QED) is 0.172. The highest BCUT2D eigenvalue weighted by molar-refractivity contribution is 5.97. The first-order valence-corrected chi connectivity index (χ1v) is 45.6. The fraction of sp³-hybridized carbons (Fsp3) is 0.709. The predicted octanol–water partition coefficient (Wildman–Crippen LogP) is 22.9. The Labute approximate surface area is 695 Å². The van der Waals surface area contributed by atoms with Crippen LogP contribution in [0.1, 0.15) is 328 Å². The van der Waals surface area contributed by atoms with Gasteiger partial charge in [-0.25, -0.2) is 0 Å². The third-order valence-electron chi connectivity index (χ3n) is 33.6. The molecule has 12 aliphatic rings. The zero-order valence-electron chi connectivity index (χ0n) is 76.5. The second-order valence-corrected chi connectivity index (χ2v) is 46.9. The molecular formula is C103H152N6O6. The summed E-state index contributed by atoms with van der Waals surface area (Å²) < 4.78 is 0. The van der Waals surface area contributed by atoms with Crippen molar-refractivity contribution < 1.29 is 28.8 Å². The van der Waals surface area contributed by atoms with Crippen LogP contribution in [-0.4, -0.2) is 78.1 Å². The van der Waals surface area contributed by atoms with Crippen molar-refractivity contribution in [2.24, 2.45) is 104 Å². The number of piperidine rings is 3. The molecule has 9 aliphatic carbocycles. The summed E-state index contributed by atoms with van der Waals surface area (Å²) in [6, 6.07) is 20.0. The number of carbonyl (C=O) groups excluding carboxylic acids is 6. The number of nitrogens with one attached hydrogen (secondary N) is 4. The molecule has 3 aliphatic heterocycles. The van der Waals surface area contributed by atoms with Crippen LogP contribution in [0.5, 0.6) is 0 Å². The van der Waals surface area contributed by atoms with Gasteiger partial charge < -0.3 is 31.1 Å². The number of carbonyl (C=O) groups is 6. The van der Waals surface area contributed by atoms with Crippen LogP contribution >= 0.6 is 0 Å². The van der Waals surface area contributed by atoms with Crippen molar-refractivity contribution in [2.75, 3.05) is 49.2 Å². The Kier molecular flexibility index (Phi) is 22.9. The molecule has 3 aromatic carbocycles. The van der Waals surface area contributed by atoms with E-state index < -0.39 is 0 Å². The fourth-order valence-electron chi connectivity index (χ4n) is 26.7. The number of amides is 3. The van der Waals surface area contributed by atoms with Crippen molar-refractivity contribution in [1.29, 1.82) is 0 Å². The maximum Gasteiger partial charge on any atom is 0.228 e. The number of anilines is 3. The molecule has 15 rings (SSSR count). The lowest BCUT2D eigenvalue weighted by Crippen LogP contribution is -2.58. The Balaban J connectivity index is 0.000000150. The number of hydrogen-bond donors (Lipinski definition) is 4. The second-order valence-electron chi connectivity index (χ2n) is 46.9. The van der Waals surface area contributed by atoms with E-state index in [4.69, 9.17) is 0 Å². The van der Waals surface area contributed by atoms with Crippen LogP contribution in [0.4, 0.5) is 17.1 Å². The first kappa shape index (κ1) is 86.5. The summed E-state index contributed by atoms with van der Waals surface area (Å²) in [4.78, 5) is 84.0. The molecule has 9 fully saturated rings. The molecule has 9 unspecified atom stereocenters. The Hall–Kier alpha value is -6.30. The van der Waals surface area contributed by atoms with E-state index in [1.54, 1.807) is 0 Å². The monoisotopic (exact) mass is 1570 g/mol. The first-order chi connectivity index (χ1) is 53.3. The second kappa shape index (κ2) is 30.4. The SMILES string of the molecule is CC(C)(C)c1cc(NC(=O)[C@H]2CCC3C4CNC5=CC(=O)CC[C@]5(C)C4CC[C@@]32C)cc(C(C)(C)C)c1.CCCN1CC2C(CC[C@@]3(C)C2CC[C@@H]3C(=O)Nc2cc(C(C)(C)C)ccc2C(C)(C)C)[C@@]2(C)CCC(=O)C=C12.CN1CC2C(CC[C@@]3(C)C2CC[C@@H]3C(=O)Nc2cc(C(C)(C)C)ccc2C(C)(C)C)[C@@]2(C)CCC(=O)C=C12. The smallest absolute Gasteiger partial charge is 0.228 e. The van der Waals surface area contributed by atoms with Crippen molar-refractivity contribution in [2.45, 2.75) is 328 Å². The molecule has 0 radical (unpaired) electrons. The number of nitrogens with zero attached hydrogens (tertiary/aromatic N) is 2. The van der Waals surface area contributed by atoms with Crippen LogP contribution in [0, 0.1) is 104 Å². The summed E-state index contributed by atoms with van der Waals surface area (Å²) in [6.07, 6.45) is 24.9. The van der Waals surface area contributed by atoms with Gasteiger partial charge in [-0.05, 0) is 262 Å². The topological polar surface area (TPSA) is 157 Å². The summed E-state index contributed by atoms with van der Waals surface area (Å²) >= 11 is 0. The highest BCUT2D eigenvalue weighted by Crippen LogP contribution is 2.69. The Morgan fingerprint density at radius 2 is 0.783 bits per heavy atom. The van der Waals surface area contributed by atoms with E-state index in [1.165, 1.54) is 50.5 Å². The van der Waals surface area contributed by atoms with Crippen LogP contribution in [0.2, 0.25) is 0 Å². The number of ketones is 3. The fourth-order valence-corrected chi connectivity index (χ4v) is 26.7. The molecule has 3 saturated heterocycles. The van der Waals surface area contributed by atoms with Crippen LogP contribution in [0.3, 0.4) is 0 Å². The van der Waals surface area contributed by atoms with E-state index in [9.17, 15) is 28.8 Å². The summed E-state index contributed by atoms with van der Waals surface area (Å²) in [6.45, 7) is 61.0. The Morgan fingerprint density at radius 3 is 1.20 bits per heavy atom. The molecule has 12 heteroatoms. The molecule has 630 valence electrons. The van der Waals surface area contributed by atoms with Gasteiger partial charge in [0.25, 0.3) is 0 Å². The van der Waals surface area contributed by atoms with E-state index in [1.807, 2.05) is 18.2 Å². The minimum atomic E-state index is -0.0495. The average Bonchev–Trinajstić information content (AvgIpc) is 1.68. The molecule has 0 bridgehead atoms. The van der Waals surface area contributed by atoms with Crippen molar-refractivity contribution in [1.82, 2.24) is 15.1 Å². The van der Waals surface area contributed by atoms with Gasteiger partial charge in [0.05, 0.1) is 0 Å². The Morgan fingerprint density at radius 1 is 0.409 bits per heavy atom. The Bertz CT molecular complexity index is 4340. The van der Waals surface area contributed by atoms with Crippen LogP contribution in [0.15, 0.2) is 89.9 Å². The summed E-state index contributed by atoms with van der Waals surface area (Å²) in [5.74, 6) is 6.85. The van der Waals surface area contributed by atoms with Crippen molar-refractivity contribution >= 4 is 52.1 Å². The summed E-state index contributed by atoms with van der Waals surface area (Å²) in [7, 11) is 2.18. The molecule has 0 spiro atoms. The third kappa shape index (κ3) is 15.9. The lowest BCUT2D eigenvalue weighted by molar-refractivity contribution is -0.130. The van der Waals surface area contributed by atoms with Gasteiger partial charge in [0.15, 0.2) is 17.3 Å². The highest BCUT2D eigenvalue weighted by Gasteiger charge is 2.65. The van der Waals surface area contributed by atoms with Crippen LogP contribution in [0.25, 0.3) is 0 Å². The molecule has 3 heterocycles. The molecule has 115 heavy (non-hydrogen) atoms. The number of fused-ring (bicyclic) bond motifs is 15. The number of likely N-dealkylation sites (tertiary alicyclic amines) is 2. The lowest BCUT2D eigenvalue weighted by atomic mass is 9.49. The zero-order chi connectivity index (χ0) is 84.1. The van der Waals surface area contributed by atoms with Gasteiger partial charge >= 0.3 is 0 Å². The van der Waals surface area contributed by atoms with Crippen molar-refractivity contribution in [3.63, 3.8) is 0 Å².